The minimum absolute atomic E-state index is 0. The monoisotopic (exact) mass is 397 g/mol. The fourth-order valence-corrected chi connectivity index (χ4v) is 1.21. The van der Waals surface area contributed by atoms with Gasteiger partial charge in [0, 0.05) is 0 Å². The van der Waals surface area contributed by atoms with Gasteiger partial charge in [0.25, 0.3) is 0 Å². The zero-order valence-electron chi connectivity index (χ0n) is 9.62. The van der Waals surface area contributed by atoms with Crippen LogP contribution in [0.2, 0.25) is 0 Å². The fraction of sp³-hybridized carbons (Fsp3) is 1.00. The maximum absolute atomic E-state index is 2.26. The van der Waals surface area contributed by atoms with E-state index in [0.717, 1.165) is 0 Å². The summed E-state index contributed by atoms with van der Waals surface area (Å²) in [6.45, 7) is 3.52. The summed E-state index contributed by atoms with van der Waals surface area (Å²) in [5.41, 5.74) is 0. The van der Waals surface area contributed by atoms with Crippen LogP contribution in [-0.2, 0) is 0 Å². The Morgan fingerprint density at radius 2 is 1.14 bits per heavy atom. The lowest BCUT2D eigenvalue weighted by atomic mass is 10.1. The van der Waals surface area contributed by atoms with Crippen molar-refractivity contribution in [2.45, 2.75) is 45.4 Å². The fourth-order valence-electron chi connectivity index (χ4n) is 1.21. The van der Waals surface area contributed by atoms with Crippen molar-refractivity contribution in [2.24, 2.45) is 0 Å². The van der Waals surface area contributed by atoms with Gasteiger partial charge in [-0.1, -0.05) is 39.0 Å². The highest BCUT2D eigenvalue weighted by atomic mass is 79.9. The standard InChI is InChI=1S/C10H23N.3BrH/c1-4-5-6-7-8-9-10-11(2)3;;;/h4-10H2,1-3H3;3*1H. The van der Waals surface area contributed by atoms with E-state index in [1.807, 2.05) is 0 Å². The lowest BCUT2D eigenvalue weighted by Gasteiger charge is -2.08. The van der Waals surface area contributed by atoms with Gasteiger partial charge in [-0.25, -0.2) is 0 Å². The van der Waals surface area contributed by atoms with Gasteiger partial charge in [0.1, 0.15) is 0 Å². The first-order valence-electron chi connectivity index (χ1n) is 4.92. The maximum atomic E-state index is 2.26. The van der Waals surface area contributed by atoms with Gasteiger partial charge in [0.15, 0.2) is 0 Å². The van der Waals surface area contributed by atoms with Crippen LogP contribution < -0.4 is 0 Å². The Morgan fingerprint density at radius 3 is 1.57 bits per heavy atom. The smallest absolute Gasteiger partial charge is 0.00248 e. The van der Waals surface area contributed by atoms with Gasteiger partial charge in [0.2, 0.25) is 0 Å². The molecular formula is C10H26Br3N. The molecule has 0 aromatic rings. The topological polar surface area (TPSA) is 3.24 Å². The predicted molar refractivity (Wildman–Crippen MR) is 82.9 cm³/mol. The largest absolute Gasteiger partial charge is 0.309 e. The molecule has 0 atom stereocenters. The van der Waals surface area contributed by atoms with Crippen molar-refractivity contribution in [1.29, 1.82) is 0 Å². The molecule has 0 spiro atoms. The second-order valence-corrected chi connectivity index (χ2v) is 3.57. The second kappa shape index (κ2) is 19.9. The molecule has 1 nitrogen and oxygen atoms in total. The molecule has 0 unspecified atom stereocenters. The molecule has 0 amide bonds. The van der Waals surface area contributed by atoms with Crippen molar-refractivity contribution >= 4 is 50.9 Å². The third-order valence-electron chi connectivity index (χ3n) is 1.96. The quantitative estimate of drug-likeness (QED) is 0.563. The molecule has 0 heterocycles. The van der Waals surface area contributed by atoms with E-state index in [1.54, 1.807) is 0 Å². The Balaban J connectivity index is -0.000000167. The van der Waals surface area contributed by atoms with Gasteiger partial charge >= 0.3 is 0 Å². The molecule has 0 saturated heterocycles. The van der Waals surface area contributed by atoms with Crippen LogP contribution in [0.4, 0.5) is 0 Å². The van der Waals surface area contributed by atoms with E-state index in [9.17, 15) is 0 Å². The van der Waals surface area contributed by atoms with E-state index in [2.05, 4.69) is 25.9 Å². The van der Waals surface area contributed by atoms with Crippen molar-refractivity contribution in [2.75, 3.05) is 20.6 Å². The number of nitrogens with zero attached hydrogens (tertiary/aromatic N) is 1. The molecule has 92 valence electrons. The normalized spacial score (nSPS) is 8.57. The van der Waals surface area contributed by atoms with Gasteiger partial charge in [-0.3, -0.25) is 0 Å². The Morgan fingerprint density at radius 1 is 0.714 bits per heavy atom. The molecule has 0 bridgehead atoms. The molecule has 4 heteroatoms. The van der Waals surface area contributed by atoms with Crippen molar-refractivity contribution in [3.05, 3.63) is 0 Å². The van der Waals surface area contributed by atoms with E-state index in [4.69, 9.17) is 0 Å². The molecule has 0 radical (unpaired) electrons. The summed E-state index contributed by atoms with van der Waals surface area (Å²) in [6, 6.07) is 0. The summed E-state index contributed by atoms with van der Waals surface area (Å²) in [5.74, 6) is 0. The predicted octanol–water partition coefficient (Wildman–Crippen LogP) is 4.64. The molecular weight excluding hydrogens is 374 g/mol. The summed E-state index contributed by atoms with van der Waals surface area (Å²) in [6.07, 6.45) is 8.43. The molecule has 0 N–H and O–H groups in total. The van der Waals surface area contributed by atoms with Gasteiger partial charge in [-0.15, -0.1) is 50.9 Å². The van der Waals surface area contributed by atoms with E-state index < -0.39 is 0 Å². The summed E-state index contributed by atoms with van der Waals surface area (Å²) >= 11 is 0. The van der Waals surface area contributed by atoms with Crippen LogP contribution in [0.1, 0.15) is 45.4 Å². The Kier molecular flexibility index (Phi) is 34.9. The summed E-state index contributed by atoms with van der Waals surface area (Å²) in [5, 5.41) is 0. The van der Waals surface area contributed by atoms with Crippen LogP contribution in [-0.4, -0.2) is 25.5 Å². The summed E-state index contributed by atoms with van der Waals surface area (Å²) < 4.78 is 0. The van der Waals surface area contributed by atoms with Crippen LogP contribution in [0, 0.1) is 0 Å². The first-order chi connectivity index (χ1) is 5.27. The van der Waals surface area contributed by atoms with Crippen molar-refractivity contribution in [3.8, 4) is 0 Å². The highest BCUT2D eigenvalue weighted by Gasteiger charge is 1.90. The first kappa shape index (κ1) is 24.6. The molecule has 0 fully saturated rings. The average molecular weight is 400 g/mol. The zero-order chi connectivity index (χ0) is 8.53. The van der Waals surface area contributed by atoms with E-state index in [-0.39, 0.29) is 50.9 Å². The Hall–Kier alpha value is 1.40. The van der Waals surface area contributed by atoms with E-state index >= 15 is 0 Å². The van der Waals surface area contributed by atoms with Crippen LogP contribution in [0.25, 0.3) is 0 Å². The van der Waals surface area contributed by atoms with Crippen LogP contribution in [0.3, 0.4) is 0 Å². The van der Waals surface area contributed by atoms with E-state index in [0.29, 0.717) is 0 Å². The van der Waals surface area contributed by atoms with Crippen LogP contribution in [0.15, 0.2) is 0 Å². The zero-order valence-corrected chi connectivity index (χ0v) is 14.8. The number of unbranched alkanes of at least 4 members (excludes halogenated alkanes) is 5. The molecule has 0 saturated carbocycles. The maximum Gasteiger partial charge on any atom is -0.00248 e. The van der Waals surface area contributed by atoms with Gasteiger partial charge in [-0.2, -0.15) is 0 Å². The molecule has 14 heavy (non-hydrogen) atoms. The molecule has 0 aromatic carbocycles. The molecule has 0 aliphatic heterocycles. The minimum Gasteiger partial charge on any atom is -0.309 e. The molecule has 0 aliphatic carbocycles. The highest BCUT2D eigenvalue weighted by molar-refractivity contribution is 8.93. The van der Waals surface area contributed by atoms with Gasteiger partial charge < -0.3 is 4.90 Å². The number of rotatable bonds is 7. The van der Waals surface area contributed by atoms with E-state index in [1.165, 1.54) is 45.1 Å². The Labute approximate surface area is 121 Å². The summed E-state index contributed by atoms with van der Waals surface area (Å²) in [4.78, 5) is 2.26. The third-order valence-corrected chi connectivity index (χ3v) is 1.96. The number of hydrogen-bond donors (Lipinski definition) is 0. The van der Waals surface area contributed by atoms with Crippen LogP contribution in [0.5, 0.6) is 0 Å². The van der Waals surface area contributed by atoms with Crippen molar-refractivity contribution in [3.63, 3.8) is 0 Å². The number of hydrogen-bond acceptors (Lipinski definition) is 1. The Bertz CT molecular complexity index is 79.8. The van der Waals surface area contributed by atoms with Crippen molar-refractivity contribution in [1.82, 2.24) is 4.90 Å². The molecule has 0 aromatic heterocycles. The summed E-state index contributed by atoms with van der Waals surface area (Å²) in [7, 11) is 4.29. The lowest BCUT2D eigenvalue weighted by molar-refractivity contribution is 0.389. The van der Waals surface area contributed by atoms with Crippen molar-refractivity contribution < 1.29 is 0 Å². The number of halogens is 3. The highest BCUT2D eigenvalue weighted by Crippen LogP contribution is 2.04. The van der Waals surface area contributed by atoms with Gasteiger partial charge in [-0.05, 0) is 27.1 Å². The molecule has 0 aliphatic rings. The van der Waals surface area contributed by atoms with Gasteiger partial charge in [0.05, 0.1) is 0 Å². The first-order valence-corrected chi connectivity index (χ1v) is 4.92. The molecule has 0 rings (SSSR count). The third kappa shape index (κ3) is 23.3. The lowest BCUT2D eigenvalue weighted by Crippen LogP contribution is -2.12. The SMILES string of the molecule is Br.Br.Br.CCCCCCCCN(C)C. The second-order valence-electron chi connectivity index (χ2n) is 3.57. The average Bonchev–Trinajstić information content (AvgIpc) is 1.96. The minimum atomic E-state index is 0. The van der Waals surface area contributed by atoms with Crippen LogP contribution >= 0.6 is 50.9 Å².